The predicted octanol–water partition coefficient (Wildman–Crippen LogP) is 3.47. The highest BCUT2D eigenvalue weighted by molar-refractivity contribution is 5.53. The van der Waals surface area contributed by atoms with E-state index in [2.05, 4.69) is 34.6 Å². The van der Waals surface area contributed by atoms with Gasteiger partial charge in [-0.25, -0.2) is 0 Å². The van der Waals surface area contributed by atoms with E-state index < -0.39 is 0 Å². The maximum Gasteiger partial charge on any atom is 0.247 e. The molecular formula is C16H21N3O. The average molecular weight is 271 g/mol. The Morgan fingerprint density at radius 1 is 1.20 bits per heavy atom. The van der Waals surface area contributed by atoms with Crippen LogP contribution in [-0.4, -0.2) is 16.2 Å². The molecule has 4 heteroatoms. The van der Waals surface area contributed by atoms with E-state index >= 15 is 0 Å². The van der Waals surface area contributed by atoms with Crippen molar-refractivity contribution in [2.24, 2.45) is 0 Å². The summed E-state index contributed by atoms with van der Waals surface area (Å²) in [7, 11) is 0. The number of aromatic nitrogens is 2. The first-order valence-corrected chi connectivity index (χ1v) is 7.44. The Hall–Kier alpha value is -1.68. The zero-order valence-electron chi connectivity index (χ0n) is 11.9. The first-order valence-electron chi connectivity index (χ1n) is 7.44. The molecule has 1 aliphatic carbocycles. The molecule has 1 aromatic heterocycles. The number of nitrogens with one attached hydrogen (secondary N) is 1. The third-order valence-electron chi connectivity index (χ3n) is 3.88. The fourth-order valence-electron chi connectivity index (χ4n) is 2.76. The van der Waals surface area contributed by atoms with Crippen molar-refractivity contribution < 1.29 is 4.42 Å². The van der Waals surface area contributed by atoms with E-state index in [1.54, 1.807) is 0 Å². The molecule has 0 aliphatic heterocycles. The largest absolute Gasteiger partial charge is 0.419 e. The van der Waals surface area contributed by atoms with Gasteiger partial charge in [0, 0.05) is 11.6 Å². The van der Waals surface area contributed by atoms with Crippen molar-refractivity contribution in [2.75, 3.05) is 0 Å². The molecule has 4 nitrogen and oxygen atoms in total. The Kier molecular flexibility index (Phi) is 4.11. The summed E-state index contributed by atoms with van der Waals surface area (Å²) in [6, 6.07) is 8.74. The SMILES string of the molecule is Cc1cccc(-c2nnc(CNC3CCCCC3)o2)c1. The number of hydrogen-bond donors (Lipinski definition) is 1. The van der Waals surface area contributed by atoms with E-state index in [4.69, 9.17) is 4.42 Å². The topological polar surface area (TPSA) is 51.0 Å². The first-order chi connectivity index (χ1) is 9.81. The zero-order chi connectivity index (χ0) is 13.8. The van der Waals surface area contributed by atoms with Crippen LogP contribution in [0.5, 0.6) is 0 Å². The lowest BCUT2D eigenvalue weighted by Crippen LogP contribution is -2.30. The fraction of sp³-hybridized carbons (Fsp3) is 0.500. The van der Waals surface area contributed by atoms with Crippen LogP contribution in [0, 0.1) is 6.92 Å². The van der Waals surface area contributed by atoms with Crippen molar-refractivity contribution in [1.82, 2.24) is 15.5 Å². The monoisotopic (exact) mass is 271 g/mol. The molecule has 106 valence electrons. The van der Waals surface area contributed by atoms with E-state index in [-0.39, 0.29) is 0 Å². The molecule has 20 heavy (non-hydrogen) atoms. The summed E-state index contributed by atoms with van der Waals surface area (Å²) in [5, 5.41) is 11.8. The normalized spacial score (nSPS) is 16.4. The summed E-state index contributed by atoms with van der Waals surface area (Å²) < 4.78 is 5.73. The second-order valence-electron chi connectivity index (χ2n) is 5.59. The van der Waals surface area contributed by atoms with Gasteiger partial charge in [-0.3, -0.25) is 0 Å². The molecule has 1 aliphatic rings. The van der Waals surface area contributed by atoms with Crippen LogP contribution >= 0.6 is 0 Å². The first kappa shape index (κ1) is 13.3. The van der Waals surface area contributed by atoms with Gasteiger partial charge in [-0.2, -0.15) is 0 Å². The minimum Gasteiger partial charge on any atom is -0.419 e. The summed E-state index contributed by atoms with van der Waals surface area (Å²) in [6.07, 6.45) is 6.56. The molecule has 0 unspecified atom stereocenters. The van der Waals surface area contributed by atoms with Gasteiger partial charge in [0.2, 0.25) is 11.8 Å². The molecule has 2 aromatic rings. The van der Waals surface area contributed by atoms with Crippen LogP contribution in [0.15, 0.2) is 28.7 Å². The maximum absolute atomic E-state index is 5.73. The second-order valence-corrected chi connectivity index (χ2v) is 5.59. The standard InChI is InChI=1S/C16H21N3O/c1-12-6-5-7-13(10-12)16-19-18-15(20-16)11-17-14-8-3-2-4-9-14/h5-7,10,14,17H,2-4,8-9,11H2,1H3. The van der Waals surface area contributed by atoms with Crippen molar-refractivity contribution in [3.05, 3.63) is 35.7 Å². The van der Waals surface area contributed by atoms with Gasteiger partial charge in [0.1, 0.15) is 0 Å². The molecule has 0 atom stereocenters. The maximum atomic E-state index is 5.73. The van der Waals surface area contributed by atoms with Crippen molar-refractivity contribution in [3.8, 4) is 11.5 Å². The van der Waals surface area contributed by atoms with Crippen molar-refractivity contribution in [1.29, 1.82) is 0 Å². The van der Waals surface area contributed by atoms with E-state index in [1.165, 1.54) is 37.7 Å². The van der Waals surface area contributed by atoms with Crippen molar-refractivity contribution in [3.63, 3.8) is 0 Å². The highest BCUT2D eigenvalue weighted by atomic mass is 16.4. The Morgan fingerprint density at radius 2 is 2.05 bits per heavy atom. The second kappa shape index (κ2) is 6.18. The summed E-state index contributed by atoms with van der Waals surface area (Å²) in [5.41, 5.74) is 2.18. The van der Waals surface area contributed by atoms with Gasteiger partial charge >= 0.3 is 0 Å². The number of aryl methyl sites for hydroxylation is 1. The molecule has 0 saturated heterocycles. The Labute approximate surface area is 119 Å². The highest BCUT2D eigenvalue weighted by Crippen LogP contribution is 2.20. The summed E-state index contributed by atoms with van der Waals surface area (Å²) in [5.74, 6) is 1.28. The molecule has 0 bridgehead atoms. The summed E-state index contributed by atoms with van der Waals surface area (Å²) in [4.78, 5) is 0. The lowest BCUT2D eigenvalue weighted by Gasteiger charge is -2.21. The molecule has 1 aromatic carbocycles. The predicted molar refractivity (Wildman–Crippen MR) is 78.2 cm³/mol. The number of nitrogens with zero attached hydrogens (tertiary/aromatic N) is 2. The Bertz CT molecular complexity index is 558. The van der Waals surface area contributed by atoms with Gasteiger partial charge in [0.15, 0.2) is 0 Å². The van der Waals surface area contributed by atoms with Crippen LogP contribution in [0.4, 0.5) is 0 Å². The van der Waals surface area contributed by atoms with E-state index in [0.717, 1.165) is 5.56 Å². The lowest BCUT2D eigenvalue weighted by atomic mass is 9.95. The fourth-order valence-corrected chi connectivity index (χ4v) is 2.76. The molecule has 0 spiro atoms. The van der Waals surface area contributed by atoms with Gasteiger partial charge in [0.05, 0.1) is 6.54 Å². The van der Waals surface area contributed by atoms with Crippen LogP contribution in [0.1, 0.15) is 43.6 Å². The summed E-state index contributed by atoms with van der Waals surface area (Å²) >= 11 is 0. The molecule has 0 radical (unpaired) electrons. The third-order valence-corrected chi connectivity index (χ3v) is 3.88. The highest BCUT2D eigenvalue weighted by Gasteiger charge is 2.14. The smallest absolute Gasteiger partial charge is 0.247 e. The number of hydrogen-bond acceptors (Lipinski definition) is 4. The van der Waals surface area contributed by atoms with Crippen LogP contribution in [0.3, 0.4) is 0 Å². The van der Waals surface area contributed by atoms with E-state index in [9.17, 15) is 0 Å². The molecule has 0 amide bonds. The molecule has 1 fully saturated rings. The van der Waals surface area contributed by atoms with Crippen molar-refractivity contribution in [2.45, 2.75) is 51.6 Å². The quantitative estimate of drug-likeness (QED) is 0.925. The van der Waals surface area contributed by atoms with Gasteiger partial charge < -0.3 is 9.73 Å². The van der Waals surface area contributed by atoms with E-state index in [0.29, 0.717) is 24.4 Å². The Balaban J connectivity index is 1.61. The van der Waals surface area contributed by atoms with Crippen LogP contribution in [0.2, 0.25) is 0 Å². The molecular weight excluding hydrogens is 250 g/mol. The third kappa shape index (κ3) is 3.25. The van der Waals surface area contributed by atoms with Gasteiger partial charge in [-0.1, -0.05) is 37.0 Å². The van der Waals surface area contributed by atoms with Gasteiger partial charge in [-0.05, 0) is 31.9 Å². The minimum absolute atomic E-state index is 0.606. The number of rotatable bonds is 4. The molecule has 1 heterocycles. The van der Waals surface area contributed by atoms with Gasteiger partial charge in [-0.15, -0.1) is 10.2 Å². The molecule has 1 saturated carbocycles. The summed E-state index contributed by atoms with van der Waals surface area (Å²) in [6.45, 7) is 2.73. The van der Waals surface area contributed by atoms with Crippen LogP contribution in [0.25, 0.3) is 11.5 Å². The zero-order valence-corrected chi connectivity index (χ0v) is 11.9. The van der Waals surface area contributed by atoms with Crippen molar-refractivity contribution >= 4 is 0 Å². The van der Waals surface area contributed by atoms with Crippen LogP contribution < -0.4 is 5.32 Å². The van der Waals surface area contributed by atoms with Crippen LogP contribution in [-0.2, 0) is 6.54 Å². The van der Waals surface area contributed by atoms with E-state index in [1.807, 2.05) is 12.1 Å². The average Bonchev–Trinajstić information content (AvgIpc) is 2.95. The lowest BCUT2D eigenvalue weighted by molar-refractivity contribution is 0.354. The molecule has 3 rings (SSSR count). The minimum atomic E-state index is 0.606. The Morgan fingerprint density at radius 3 is 2.85 bits per heavy atom. The molecule has 1 N–H and O–H groups in total. The van der Waals surface area contributed by atoms with Gasteiger partial charge in [0.25, 0.3) is 0 Å². The number of benzene rings is 1.